The highest BCUT2D eigenvalue weighted by Gasteiger charge is 2.26. The van der Waals surface area contributed by atoms with Crippen LogP contribution in [0.15, 0.2) is 48.7 Å². The van der Waals surface area contributed by atoms with Crippen LogP contribution in [0.1, 0.15) is 30.1 Å². The predicted octanol–water partition coefficient (Wildman–Crippen LogP) is 2.77. The Bertz CT molecular complexity index is 680. The number of pyridine rings is 1. The Hall–Kier alpha value is -2.24. The van der Waals surface area contributed by atoms with Gasteiger partial charge in [-0.05, 0) is 50.6 Å². The number of benzene rings is 1. The summed E-state index contributed by atoms with van der Waals surface area (Å²) in [6.07, 6.45) is 2.79. The van der Waals surface area contributed by atoms with E-state index >= 15 is 0 Å². The number of amides is 1. The lowest BCUT2D eigenvalue weighted by atomic mass is 9.95. The molecule has 1 amide bonds. The van der Waals surface area contributed by atoms with Gasteiger partial charge in [-0.3, -0.25) is 4.79 Å². The van der Waals surface area contributed by atoms with Crippen LogP contribution in [-0.2, 0) is 4.79 Å². The largest absolute Gasteiger partial charge is 0.387 e. The Labute approximate surface area is 148 Å². The van der Waals surface area contributed by atoms with Crippen LogP contribution in [0.5, 0.6) is 0 Å². The van der Waals surface area contributed by atoms with E-state index < -0.39 is 6.10 Å². The van der Waals surface area contributed by atoms with Crippen LogP contribution in [0.2, 0.25) is 0 Å². The summed E-state index contributed by atoms with van der Waals surface area (Å²) < 4.78 is 0. The van der Waals surface area contributed by atoms with Crippen molar-refractivity contribution in [2.24, 2.45) is 5.92 Å². The van der Waals surface area contributed by atoms with Gasteiger partial charge in [0.15, 0.2) is 0 Å². The number of hydrogen-bond acceptors (Lipinski definition) is 4. The molecular formula is C20H25N3O2. The lowest BCUT2D eigenvalue weighted by molar-refractivity contribution is -0.121. The van der Waals surface area contributed by atoms with Crippen LogP contribution < -0.4 is 5.32 Å². The number of β-amino-alcohol motifs (C(OH)–C–C–N with tert-alkyl or cyclic N) is 1. The molecule has 1 atom stereocenters. The van der Waals surface area contributed by atoms with Gasteiger partial charge < -0.3 is 15.3 Å². The zero-order chi connectivity index (χ0) is 17.6. The summed E-state index contributed by atoms with van der Waals surface area (Å²) in [5.41, 5.74) is 2.14. The first-order valence-corrected chi connectivity index (χ1v) is 8.80. The number of anilines is 1. The van der Waals surface area contributed by atoms with E-state index in [2.05, 4.69) is 15.2 Å². The Morgan fingerprint density at radius 2 is 1.96 bits per heavy atom. The molecule has 0 unspecified atom stereocenters. The van der Waals surface area contributed by atoms with Gasteiger partial charge in [0.2, 0.25) is 5.91 Å². The van der Waals surface area contributed by atoms with Crippen LogP contribution in [0.4, 0.5) is 5.82 Å². The van der Waals surface area contributed by atoms with Gasteiger partial charge in [-0.25, -0.2) is 4.98 Å². The topological polar surface area (TPSA) is 65.5 Å². The van der Waals surface area contributed by atoms with E-state index in [1.54, 1.807) is 12.3 Å². The zero-order valence-corrected chi connectivity index (χ0v) is 14.6. The minimum absolute atomic E-state index is 0.00905. The van der Waals surface area contributed by atoms with Crippen molar-refractivity contribution in [3.8, 4) is 0 Å². The molecule has 5 heteroatoms. The van der Waals surface area contributed by atoms with Crippen molar-refractivity contribution in [2.45, 2.75) is 25.9 Å². The maximum atomic E-state index is 12.3. The van der Waals surface area contributed by atoms with E-state index in [-0.39, 0.29) is 11.8 Å². The van der Waals surface area contributed by atoms with E-state index in [1.165, 1.54) is 5.56 Å². The van der Waals surface area contributed by atoms with E-state index in [4.69, 9.17) is 0 Å². The second-order valence-corrected chi connectivity index (χ2v) is 6.71. The summed E-state index contributed by atoms with van der Waals surface area (Å²) in [7, 11) is 0. The number of carbonyl (C=O) groups is 1. The molecule has 2 heterocycles. The summed E-state index contributed by atoms with van der Waals surface area (Å²) in [4.78, 5) is 18.7. The van der Waals surface area contributed by atoms with Gasteiger partial charge in [-0.2, -0.15) is 0 Å². The Balaban J connectivity index is 1.46. The van der Waals surface area contributed by atoms with Gasteiger partial charge in [0, 0.05) is 18.7 Å². The van der Waals surface area contributed by atoms with Crippen LogP contribution in [0.3, 0.4) is 0 Å². The summed E-state index contributed by atoms with van der Waals surface area (Å²) in [6.45, 7) is 4.29. The van der Waals surface area contributed by atoms with Gasteiger partial charge in [-0.15, -0.1) is 0 Å². The summed E-state index contributed by atoms with van der Waals surface area (Å²) in [5, 5.41) is 13.3. The number of hydrogen-bond donors (Lipinski definition) is 2. The molecule has 2 aromatic rings. The van der Waals surface area contributed by atoms with Crippen molar-refractivity contribution in [1.29, 1.82) is 0 Å². The lowest BCUT2D eigenvalue weighted by Gasteiger charge is -2.32. The molecule has 0 saturated carbocycles. The second-order valence-electron chi connectivity index (χ2n) is 6.71. The number of carbonyl (C=O) groups excluding carboxylic acids is 1. The third-order valence-electron chi connectivity index (χ3n) is 4.77. The van der Waals surface area contributed by atoms with Gasteiger partial charge >= 0.3 is 0 Å². The van der Waals surface area contributed by atoms with E-state index in [0.717, 1.165) is 31.5 Å². The molecule has 1 saturated heterocycles. The van der Waals surface area contributed by atoms with Crippen molar-refractivity contribution < 1.29 is 9.90 Å². The van der Waals surface area contributed by atoms with Gasteiger partial charge in [-0.1, -0.05) is 35.9 Å². The fourth-order valence-corrected chi connectivity index (χ4v) is 3.18. The molecule has 1 aliphatic rings. The fourth-order valence-electron chi connectivity index (χ4n) is 3.18. The number of piperidine rings is 1. The molecule has 0 aliphatic carbocycles. The van der Waals surface area contributed by atoms with Crippen molar-refractivity contribution >= 4 is 11.7 Å². The summed E-state index contributed by atoms with van der Waals surface area (Å²) in [5.74, 6) is 0.650. The maximum absolute atomic E-state index is 12.3. The highest BCUT2D eigenvalue weighted by molar-refractivity contribution is 5.91. The van der Waals surface area contributed by atoms with Crippen LogP contribution in [0.25, 0.3) is 0 Å². The molecule has 1 aromatic carbocycles. The molecule has 1 fully saturated rings. The molecule has 5 nitrogen and oxygen atoms in total. The first kappa shape index (κ1) is 17.6. The van der Waals surface area contributed by atoms with E-state index in [0.29, 0.717) is 12.4 Å². The van der Waals surface area contributed by atoms with Crippen molar-refractivity contribution in [3.63, 3.8) is 0 Å². The Kier molecular flexibility index (Phi) is 5.79. The number of aryl methyl sites for hydroxylation is 1. The first-order valence-electron chi connectivity index (χ1n) is 8.80. The third-order valence-corrected chi connectivity index (χ3v) is 4.77. The number of nitrogens with zero attached hydrogens (tertiary/aromatic N) is 2. The smallest absolute Gasteiger partial charge is 0.228 e. The van der Waals surface area contributed by atoms with Crippen molar-refractivity contribution in [3.05, 3.63) is 59.8 Å². The van der Waals surface area contributed by atoms with Crippen LogP contribution >= 0.6 is 0 Å². The normalized spacial score (nSPS) is 17.2. The highest BCUT2D eigenvalue weighted by atomic mass is 16.3. The minimum atomic E-state index is -0.487. The summed E-state index contributed by atoms with van der Waals surface area (Å²) >= 11 is 0. The van der Waals surface area contributed by atoms with E-state index in [1.807, 2.05) is 43.3 Å². The molecule has 132 valence electrons. The fraction of sp³-hybridized carbons (Fsp3) is 0.400. The standard InChI is InChI=1S/C20H25N3O2/c1-15-5-7-16(8-6-15)18(24)14-23-12-9-17(10-13-23)20(25)22-19-4-2-3-11-21-19/h2-8,11,17-18,24H,9-10,12-14H2,1H3,(H,21,22,25)/t18-/m1/s1. The average Bonchev–Trinajstić information content (AvgIpc) is 2.63. The lowest BCUT2D eigenvalue weighted by Crippen LogP contribution is -2.40. The second kappa shape index (κ2) is 8.23. The number of likely N-dealkylation sites (tertiary alicyclic amines) is 1. The third kappa shape index (κ3) is 4.87. The Morgan fingerprint density at radius 1 is 1.24 bits per heavy atom. The SMILES string of the molecule is Cc1ccc([C@H](O)CN2CCC(C(=O)Nc3ccccn3)CC2)cc1. The molecule has 0 bridgehead atoms. The number of aliphatic hydroxyl groups excluding tert-OH is 1. The molecule has 1 aliphatic heterocycles. The predicted molar refractivity (Wildman–Crippen MR) is 98.2 cm³/mol. The number of rotatable bonds is 5. The number of nitrogens with one attached hydrogen (secondary N) is 1. The summed E-state index contributed by atoms with van der Waals surface area (Å²) in [6, 6.07) is 13.5. The average molecular weight is 339 g/mol. The quantitative estimate of drug-likeness (QED) is 0.879. The zero-order valence-electron chi connectivity index (χ0n) is 14.6. The van der Waals surface area contributed by atoms with Gasteiger partial charge in [0.05, 0.1) is 6.10 Å². The van der Waals surface area contributed by atoms with E-state index in [9.17, 15) is 9.90 Å². The first-order chi connectivity index (χ1) is 12.1. The molecule has 25 heavy (non-hydrogen) atoms. The van der Waals surface area contributed by atoms with Crippen molar-refractivity contribution in [2.75, 3.05) is 25.0 Å². The molecule has 2 N–H and O–H groups in total. The van der Waals surface area contributed by atoms with Gasteiger partial charge in [0.1, 0.15) is 5.82 Å². The highest BCUT2D eigenvalue weighted by Crippen LogP contribution is 2.22. The van der Waals surface area contributed by atoms with Crippen LogP contribution in [0, 0.1) is 12.8 Å². The molecule has 0 spiro atoms. The minimum Gasteiger partial charge on any atom is -0.387 e. The molecule has 0 radical (unpaired) electrons. The van der Waals surface area contributed by atoms with Crippen LogP contribution in [-0.4, -0.2) is 40.5 Å². The number of aliphatic hydroxyl groups is 1. The molecule has 3 rings (SSSR count). The molecule has 1 aromatic heterocycles. The monoisotopic (exact) mass is 339 g/mol. The van der Waals surface area contributed by atoms with Gasteiger partial charge in [0.25, 0.3) is 0 Å². The Morgan fingerprint density at radius 3 is 2.60 bits per heavy atom. The maximum Gasteiger partial charge on any atom is 0.228 e. The number of aromatic nitrogens is 1. The molecular weight excluding hydrogens is 314 g/mol. The van der Waals surface area contributed by atoms with Crippen molar-refractivity contribution in [1.82, 2.24) is 9.88 Å².